The Morgan fingerprint density at radius 3 is 2.33 bits per heavy atom. The van der Waals surface area contributed by atoms with Crippen LogP contribution in [0.5, 0.6) is 0 Å². The Bertz CT molecular complexity index is 516. The number of carbonyl (C=O) groups excluding carboxylic acids is 1. The Morgan fingerprint density at radius 2 is 1.90 bits per heavy atom. The van der Waals surface area contributed by atoms with Crippen LogP contribution >= 0.6 is 27.5 Å². The number of alkyl halides is 1. The first-order chi connectivity index (χ1) is 9.60. The highest BCUT2D eigenvalue weighted by Crippen LogP contribution is 2.25. The van der Waals surface area contributed by atoms with Gasteiger partial charge in [-0.3, -0.25) is 10.1 Å². The van der Waals surface area contributed by atoms with Gasteiger partial charge >= 0.3 is 6.09 Å². The third kappa shape index (κ3) is 5.89. The highest BCUT2D eigenvalue weighted by Gasteiger charge is 2.32. The van der Waals surface area contributed by atoms with E-state index in [4.69, 9.17) is 16.3 Å². The van der Waals surface area contributed by atoms with Crippen molar-refractivity contribution in [1.29, 1.82) is 0 Å². The lowest BCUT2D eigenvalue weighted by molar-refractivity contribution is -0.497. The highest BCUT2D eigenvalue weighted by molar-refractivity contribution is 9.09. The summed E-state index contributed by atoms with van der Waals surface area (Å²) in [7, 11) is 0. The highest BCUT2D eigenvalue weighted by atomic mass is 79.9. The van der Waals surface area contributed by atoms with E-state index in [-0.39, 0.29) is 0 Å². The first-order valence-corrected chi connectivity index (χ1v) is 7.42. The SMILES string of the molecule is CC(C)(C)OC(=O)N[C@@H](c1ccc(Cl)cc1)C(Br)[N+](=O)[O-]. The summed E-state index contributed by atoms with van der Waals surface area (Å²) >= 11 is 8.76. The van der Waals surface area contributed by atoms with Crippen LogP contribution in [0.1, 0.15) is 32.4 Å². The Labute approximate surface area is 136 Å². The average Bonchev–Trinajstić information content (AvgIpc) is 2.34. The smallest absolute Gasteiger partial charge is 0.408 e. The number of halogens is 2. The zero-order chi connectivity index (χ0) is 16.2. The second kappa shape index (κ2) is 7.09. The fraction of sp³-hybridized carbons (Fsp3) is 0.462. The van der Waals surface area contributed by atoms with Crippen molar-refractivity contribution in [3.63, 3.8) is 0 Å². The number of hydrogen-bond acceptors (Lipinski definition) is 4. The summed E-state index contributed by atoms with van der Waals surface area (Å²) < 4.78 is 5.12. The van der Waals surface area contributed by atoms with E-state index in [1.807, 2.05) is 0 Å². The summed E-state index contributed by atoms with van der Waals surface area (Å²) in [6.07, 6.45) is -0.728. The number of nitrogens with one attached hydrogen (secondary N) is 1. The van der Waals surface area contributed by atoms with Crippen LogP contribution in [0.2, 0.25) is 5.02 Å². The minimum atomic E-state index is -1.19. The Kier molecular flexibility index (Phi) is 5.98. The van der Waals surface area contributed by atoms with Crippen molar-refractivity contribution in [3.05, 3.63) is 45.0 Å². The predicted molar refractivity (Wildman–Crippen MR) is 83.3 cm³/mol. The van der Waals surface area contributed by atoms with Crippen molar-refractivity contribution in [3.8, 4) is 0 Å². The molecule has 2 atom stereocenters. The molecule has 6 nitrogen and oxygen atoms in total. The van der Waals surface area contributed by atoms with Gasteiger partial charge in [-0.1, -0.05) is 23.7 Å². The van der Waals surface area contributed by atoms with Crippen LogP contribution in [0.4, 0.5) is 4.79 Å². The van der Waals surface area contributed by atoms with Gasteiger partial charge in [-0.05, 0) is 54.4 Å². The number of rotatable bonds is 4. The molecule has 0 saturated heterocycles. The van der Waals surface area contributed by atoms with E-state index in [1.54, 1.807) is 45.0 Å². The molecule has 0 spiro atoms. The fourth-order valence-electron chi connectivity index (χ4n) is 1.54. The maximum atomic E-state index is 11.8. The summed E-state index contributed by atoms with van der Waals surface area (Å²) in [6.45, 7) is 5.13. The molecule has 0 bridgehead atoms. The molecule has 21 heavy (non-hydrogen) atoms. The zero-order valence-electron chi connectivity index (χ0n) is 11.8. The maximum absolute atomic E-state index is 11.8. The second-order valence-corrected chi connectivity index (χ2v) is 6.71. The largest absolute Gasteiger partial charge is 0.444 e. The summed E-state index contributed by atoms with van der Waals surface area (Å²) in [5, 5.41) is 14.0. The molecular formula is C13H16BrClN2O4. The third-order valence-electron chi connectivity index (χ3n) is 2.38. The molecule has 0 fully saturated rings. The maximum Gasteiger partial charge on any atom is 0.408 e. The molecule has 1 aromatic rings. The summed E-state index contributed by atoms with van der Waals surface area (Å²) in [6, 6.07) is 5.54. The molecule has 8 heteroatoms. The van der Waals surface area contributed by atoms with E-state index in [9.17, 15) is 14.9 Å². The van der Waals surface area contributed by atoms with E-state index in [0.29, 0.717) is 10.6 Å². The van der Waals surface area contributed by atoms with Crippen molar-refractivity contribution in [1.82, 2.24) is 5.32 Å². The average molecular weight is 380 g/mol. The number of amides is 1. The van der Waals surface area contributed by atoms with Gasteiger partial charge in [-0.15, -0.1) is 0 Å². The van der Waals surface area contributed by atoms with Gasteiger partial charge in [0.1, 0.15) is 11.6 Å². The molecule has 1 N–H and O–H groups in total. The molecule has 1 unspecified atom stereocenters. The van der Waals surface area contributed by atoms with Gasteiger partial charge in [0.15, 0.2) is 0 Å². The molecule has 1 aromatic carbocycles. The number of nitro groups is 1. The van der Waals surface area contributed by atoms with Crippen LogP contribution in [0.15, 0.2) is 24.3 Å². The van der Waals surface area contributed by atoms with Crippen molar-refractivity contribution < 1.29 is 14.5 Å². The van der Waals surface area contributed by atoms with Crippen molar-refractivity contribution in [2.24, 2.45) is 0 Å². The normalized spacial score (nSPS) is 14.1. The molecule has 0 aromatic heterocycles. The summed E-state index contributed by atoms with van der Waals surface area (Å²) in [5.74, 6) is 0. The number of benzene rings is 1. The molecule has 1 amide bonds. The lowest BCUT2D eigenvalue weighted by Gasteiger charge is -2.23. The van der Waals surface area contributed by atoms with E-state index < -0.39 is 27.6 Å². The Hall–Kier alpha value is -1.34. The first-order valence-electron chi connectivity index (χ1n) is 6.12. The van der Waals surface area contributed by atoms with Crippen LogP contribution in [-0.2, 0) is 4.74 Å². The Morgan fingerprint density at radius 1 is 1.38 bits per heavy atom. The van der Waals surface area contributed by atoms with Gasteiger partial charge in [0.05, 0.1) is 0 Å². The molecule has 0 heterocycles. The predicted octanol–water partition coefficient (Wildman–Crippen LogP) is 3.90. The lowest BCUT2D eigenvalue weighted by Crippen LogP contribution is -2.40. The van der Waals surface area contributed by atoms with E-state index in [1.165, 1.54) is 0 Å². The number of hydrogen-bond donors (Lipinski definition) is 1. The monoisotopic (exact) mass is 378 g/mol. The standard InChI is InChI=1S/C13H16BrClN2O4/c1-13(2,3)21-12(18)16-10(11(14)17(19)20)8-4-6-9(15)7-5-8/h4-7,10-11H,1-3H3,(H,16,18)/t10-,11?/m0/s1. The van der Waals surface area contributed by atoms with Crippen molar-refractivity contribution in [2.45, 2.75) is 37.4 Å². The molecule has 1 rings (SSSR count). The van der Waals surface area contributed by atoms with Gasteiger partial charge in [0.25, 0.3) is 4.95 Å². The molecule has 0 aliphatic heterocycles. The number of ether oxygens (including phenoxy) is 1. The summed E-state index contributed by atoms with van der Waals surface area (Å²) in [5.41, 5.74) is -0.144. The van der Waals surface area contributed by atoms with Crippen LogP contribution in [0.25, 0.3) is 0 Å². The van der Waals surface area contributed by atoms with Gasteiger partial charge < -0.3 is 10.1 Å². The molecule has 0 radical (unpaired) electrons. The van der Waals surface area contributed by atoms with E-state index in [0.717, 1.165) is 0 Å². The van der Waals surface area contributed by atoms with Crippen LogP contribution < -0.4 is 5.32 Å². The Balaban J connectivity index is 2.95. The van der Waals surface area contributed by atoms with Gasteiger partial charge in [-0.25, -0.2) is 4.79 Å². The molecule has 0 saturated carbocycles. The fourth-order valence-corrected chi connectivity index (χ4v) is 2.10. The van der Waals surface area contributed by atoms with Crippen LogP contribution in [0.3, 0.4) is 0 Å². The minimum absolute atomic E-state index is 0.502. The number of alkyl carbamates (subject to hydrolysis) is 1. The molecule has 0 aliphatic carbocycles. The summed E-state index contributed by atoms with van der Waals surface area (Å²) in [4.78, 5) is 21.1. The van der Waals surface area contributed by atoms with Crippen molar-refractivity contribution >= 4 is 33.6 Å². The molecule has 116 valence electrons. The lowest BCUT2D eigenvalue weighted by atomic mass is 10.1. The van der Waals surface area contributed by atoms with E-state index >= 15 is 0 Å². The molecule has 0 aliphatic rings. The van der Waals surface area contributed by atoms with Gasteiger partial charge in [0, 0.05) is 9.95 Å². The topological polar surface area (TPSA) is 81.5 Å². The molecular weight excluding hydrogens is 364 g/mol. The van der Waals surface area contributed by atoms with Crippen molar-refractivity contribution in [2.75, 3.05) is 0 Å². The third-order valence-corrected chi connectivity index (χ3v) is 3.49. The van der Waals surface area contributed by atoms with Crippen LogP contribution in [0, 0.1) is 10.1 Å². The van der Waals surface area contributed by atoms with Crippen LogP contribution in [-0.4, -0.2) is 21.6 Å². The number of carbonyl (C=O) groups is 1. The number of nitrogens with zero attached hydrogens (tertiary/aromatic N) is 1. The van der Waals surface area contributed by atoms with Gasteiger partial charge in [0.2, 0.25) is 0 Å². The second-order valence-electron chi connectivity index (χ2n) is 5.33. The van der Waals surface area contributed by atoms with E-state index in [2.05, 4.69) is 21.2 Å². The minimum Gasteiger partial charge on any atom is -0.444 e. The first kappa shape index (κ1) is 17.7. The zero-order valence-corrected chi connectivity index (χ0v) is 14.1. The quantitative estimate of drug-likeness (QED) is 0.372. The van der Waals surface area contributed by atoms with Gasteiger partial charge in [-0.2, -0.15) is 0 Å².